The first kappa shape index (κ1) is 21.7. The zero-order chi connectivity index (χ0) is 22.2. The summed E-state index contributed by atoms with van der Waals surface area (Å²) in [6.45, 7) is 1.93. The predicted octanol–water partition coefficient (Wildman–Crippen LogP) is 2.42. The van der Waals surface area contributed by atoms with Crippen molar-refractivity contribution in [2.24, 2.45) is 5.10 Å². The number of benzene rings is 2. The molecular formula is C22H22N4O5. The fourth-order valence-electron chi connectivity index (χ4n) is 2.93. The van der Waals surface area contributed by atoms with Gasteiger partial charge < -0.3 is 9.84 Å². The van der Waals surface area contributed by atoms with Gasteiger partial charge in [0.15, 0.2) is 12.3 Å². The minimum atomic E-state index is -1.10. The average molecular weight is 422 g/mol. The Bertz CT molecular complexity index is 1190. The number of aromatic nitrogens is 2. The number of hydrazone groups is 1. The molecule has 0 spiro atoms. The van der Waals surface area contributed by atoms with E-state index in [0.717, 1.165) is 12.8 Å². The van der Waals surface area contributed by atoms with Gasteiger partial charge in [0.25, 0.3) is 11.5 Å². The first-order chi connectivity index (χ1) is 15.0. The molecule has 3 aromatic rings. The van der Waals surface area contributed by atoms with Crippen LogP contribution in [0.15, 0.2) is 58.4 Å². The molecule has 3 rings (SSSR count). The number of nitrogens with zero attached hydrogens (tertiary/aromatic N) is 3. The van der Waals surface area contributed by atoms with Gasteiger partial charge in [-0.25, -0.2) is 14.9 Å². The first-order valence-electron chi connectivity index (χ1n) is 9.78. The lowest BCUT2D eigenvalue weighted by atomic mass is 10.1. The number of carboxylic acid groups (broad SMARTS) is 1. The Labute approximate surface area is 178 Å². The van der Waals surface area contributed by atoms with Crippen molar-refractivity contribution in [2.75, 3.05) is 6.61 Å². The van der Waals surface area contributed by atoms with Crippen molar-refractivity contribution in [1.29, 1.82) is 0 Å². The smallest absolute Gasteiger partial charge is 0.341 e. The van der Waals surface area contributed by atoms with Gasteiger partial charge in [-0.3, -0.25) is 9.59 Å². The van der Waals surface area contributed by atoms with Crippen LogP contribution in [0.4, 0.5) is 0 Å². The van der Waals surface area contributed by atoms with E-state index in [4.69, 9.17) is 9.84 Å². The van der Waals surface area contributed by atoms with E-state index in [-0.39, 0.29) is 11.3 Å². The minimum Gasteiger partial charge on any atom is -0.481 e. The van der Waals surface area contributed by atoms with E-state index in [1.165, 1.54) is 10.9 Å². The van der Waals surface area contributed by atoms with E-state index in [2.05, 4.69) is 15.6 Å². The topological polar surface area (TPSA) is 123 Å². The summed E-state index contributed by atoms with van der Waals surface area (Å²) in [5, 5.41) is 17.8. The van der Waals surface area contributed by atoms with Crippen molar-refractivity contribution in [3.63, 3.8) is 0 Å². The Morgan fingerprint density at radius 1 is 1.16 bits per heavy atom. The summed E-state index contributed by atoms with van der Waals surface area (Å²) >= 11 is 0. The highest BCUT2D eigenvalue weighted by Gasteiger charge is 2.16. The van der Waals surface area contributed by atoms with E-state index in [9.17, 15) is 14.4 Å². The van der Waals surface area contributed by atoms with Crippen LogP contribution in [0.2, 0.25) is 0 Å². The third-order valence-corrected chi connectivity index (χ3v) is 4.45. The van der Waals surface area contributed by atoms with Gasteiger partial charge in [-0.05, 0) is 24.6 Å². The van der Waals surface area contributed by atoms with Gasteiger partial charge in [0.2, 0.25) is 0 Å². The number of hydrogen-bond donors (Lipinski definition) is 2. The summed E-state index contributed by atoms with van der Waals surface area (Å²) in [5.41, 5.74) is 2.76. The Morgan fingerprint density at radius 2 is 1.87 bits per heavy atom. The zero-order valence-corrected chi connectivity index (χ0v) is 16.9. The van der Waals surface area contributed by atoms with Crippen LogP contribution in [0.1, 0.15) is 35.8 Å². The van der Waals surface area contributed by atoms with Crippen LogP contribution >= 0.6 is 0 Å². The molecule has 0 atom stereocenters. The van der Waals surface area contributed by atoms with Gasteiger partial charge in [0.1, 0.15) is 5.75 Å². The molecule has 0 fully saturated rings. The van der Waals surface area contributed by atoms with Crippen LogP contribution < -0.4 is 15.7 Å². The molecule has 1 heterocycles. The quantitative estimate of drug-likeness (QED) is 0.403. The van der Waals surface area contributed by atoms with Crippen LogP contribution in [0.25, 0.3) is 10.8 Å². The Morgan fingerprint density at radius 3 is 2.61 bits per heavy atom. The van der Waals surface area contributed by atoms with Gasteiger partial charge >= 0.3 is 5.97 Å². The number of aliphatic carboxylic acids is 1. The second-order valence-electron chi connectivity index (χ2n) is 6.70. The zero-order valence-electron chi connectivity index (χ0n) is 16.9. The van der Waals surface area contributed by atoms with E-state index in [1.54, 1.807) is 48.5 Å². The molecule has 9 nitrogen and oxygen atoms in total. The molecule has 0 aliphatic rings. The highest BCUT2D eigenvalue weighted by atomic mass is 16.5. The number of aryl methyl sites for hydroxylation is 1. The molecule has 9 heteroatoms. The van der Waals surface area contributed by atoms with E-state index >= 15 is 0 Å². The lowest BCUT2D eigenvalue weighted by Gasteiger charge is -2.10. The monoisotopic (exact) mass is 422 g/mol. The number of nitrogens with one attached hydrogen (secondary N) is 1. The van der Waals surface area contributed by atoms with Crippen LogP contribution in [0.5, 0.6) is 5.75 Å². The number of unbranched alkanes of at least 4 members (excludes halogenated alkanes) is 1. The van der Waals surface area contributed by atoms with Crippen LogP contribution in [0.3, 0.4) is 0 Å². The Hall–Kier alpha value is -4.01. The van der Waals surface area contributed by atoms with E-state index in [1.807, 2.05) is 6.92 Å². The van der Waals surface area contributed by atoms with Crippen molar-refractivity contribution in [1.82, 2.24) is 15.2 Å². The van der Waals surface area contributed by atoms with Gasteiger partial charge in [-0.2, -0.15) is 10.2 Å². The minimum absolute atomic E-state index is 0.0962. The van der Waals surface area contributed by atoms with Crippen LogP contribution in [-0.4, -0.2) is 39.6 Å². The predicted molar refractivity (Wildman–Crippen MR) is 116 cm³/mol. The molecule has 2 N–H and O–H groups in total. The van der Waals surface area contributed by atoms with Crippen molar-refractivity contribution in [3.05, 3.63) is 70.1 Å². The Kier molecular flexibility index (Phi) is 7.10. The maximum atomic E-state index is 12.8. The maximum absolute atomic E-state index is 12.8. The summed E-state index contributed by atoms with van der Waals surface area (Å²) in [7, 11) is 0. The maximum Gasteiger partial charge on any atom is 0.341 e. The standard InChI is InChI=1S/C22H22N4O5/c1-2-3-12-26-22(30)17-10-6-5-9-16(17)20(25-26)21(29)24-23-13-15-8-4-7-11-18(15)31-14-19(27)28/h4-11,13H,2-3,12,14H2,1H3,(H,24,29)(H,27,28)/b23-13+. The van der Waals surface area contributed by atoms with Crippen molar-refractivity contribution in [3.8, 4) is 5.75 Å². The summed E-state index contributed by atoms with van der Waals surface area (Å²) in [6, 6.07) is 13.5. The van der Waals surface area contributed by atoms with Crippen molar-refractivity contribution >= 4 is 28.9 Å². The van der Waals surface area contributed by atoms with E-state index < -0.39 is 18.5 Å². The highest BCUT2D eigenvalue weighted by Crippen LogP contribution is 2.16. The molecule has 31 heavy (non-hydrogen) atoms. The molecule has 0 unspecified atom stereocenters. The number of hydrogen-bond acceptors (Lipinski definition) is 6. The number of rotatable bonds is 9. The summed E-state index contributed by atoms with van der Waals surface area (Å²) < 4.78 is 6.52. The lowest BCUT2D eigenvalue weighted by molar-refractivity contribution is -0.139. The third kappa shape index (κ3) is 5.33. The van der Waals surface area contributed by atoms with E-state index in [0.29, 0.717) is 28.6 Å². The summed E-state index contributed by atoms with van der Waals surface area (Å²) in [5.74, 6) is -1.35. The van der Waals surface area contributed by atoms with Gasteiger partial charge in [0, 0.05) is 17.5 Å². The molecule has 160 valence electrons. The van der Waals surface area contributed by atoms with Gasteiger partial charge in [-0.15, -0.1) is 0 Å². The molecule has 0 radical (unpaired) electrons. The fourth-order valence-corrected chi connectivity index (χ4v) is 2.93. The molecule has 0 saturated heterocycles. The molecule has 0 aliphatic heterocycles. The number of carbonyl (C=O) groups is 2. The second kappa shape index (κ2) is 10.1. The molecule has 1 aromatic heterocycles. The SMILES string of the molecule is CCCCn1nc(C(=O)N/N=C/c2ccccc2OCC(=O)O)c2ccccc2c1=O. The van der Waals surface area contributed by atoms with Crippen molar-refractivity contribution in [2.45, 2.75) is 26.3 Å². The van der Waals surface area contributed by atoms with Gasteiger partial charge in [0.05, 0.1) is 11.6 Å². The number of carboxylic acids is 1. The van der Waals surface area contributed by atoms with Gasteiger partial charge in [-0.1, -0.05) is 43.7 Å². The van der Waals surface area contributed by atoms with Crippen LogP contribution in [0, 0.1) is 0 Å². The number of ether oxygens (including phenoxy) is 1. The molecular weight excluding hydrogens is 400 g/mol. The van der Waals surface area contributed by atoms with Crippen molar-refractivity contribution < 1.29 is 19.4 Å². The number of carbonyl (C=O) groups excluding carboxylic acids is 1. The average Bonchev–Trinajstić information content (AvgIpc) is 2.78. The first-order valence-corrected chi connectivity index (χ1v) is 9.78. The lowest BCUT2D eigenvalue weighted by Crippen LogP contribution is -2.29. The normalized spacial score (nSPS) is 11.0. The summed E-state index contributed by atoms with van der Waals surface area (Å²) in [6.07, 6.45) is 3.00. The largest absolute Gasteiger partial charge is 0.481 e. The number of fused-ring (bicyclic) bond motifs is 1. The Balaban J connectivity index is 1.85. The second-order valence-corrected chi connectivity index (χ2v) is 6.70. The highest BCUT2D eigenvalue weighted by molar-refractivity contribution is 6.05. The number of para-hydroxylation sites is 1. The molecule has 2 aromatic carbocycles. The molecule has 0 saturated carbocycles. The molecule has 0 bridgehead atoms. The molecule has 0 aliphatic carbocycles. The van der Waals surface area contributed by atoms with Crippen LogP contribution in [-0.2, 0) is 11.3 Å². The third-order valence-electron chi connectivity index (χ3n) is 4.45. The number of amides is 1. The molecule has 1 amide bonds. The summed E-state index contributed by atoms with van der Waals surface area (Å²) in [4.78, 5) is 36.1. The fraction of sp³-hybridized carbons (Fsp3) is 0.227.